The molecule has 2 rings (SSSR count). The summed E-state index contributed by atoms with van der Waals surface area (Å²) in [5, 5.41) is 12.0. The Morgan fingerprint density at radius 2 is 1.95 bits per heavy atom. The van der Waals surface area contributed by atoms with E-state index in [2.05, 4.69) is 15.1 Å². The van der Waals surface area contributed by atoms with Gasteiger partial charge in [-0.25, -0.2) is 4.98 Å². The molecule has 0 aliphatic carbocycles. The number of imidazole rings is 1. The highest BCUT2D eigenvalue weighted by molar-refractivity contribution is 6.01. The third-order valence-corrected chi connectivity index (χ3v) is 2.56. The molecule has 0 saturated carbocycles. The maximum atomic E-state index is 12.4. The van der Waals surface area contributed by atoms with E-state index in [-0.39, 0.29) is 12.1 Å². The van der Waals surface area contributed by atoms with Gasteiger partial charge in [0.25, 0.3) is 0 Å². The van der Waals surface area contributed by atoms with Gasteiger partial charge in [-0.3, -0.25) is 0 Å². The summed E-state index contributed by atoms with van der Waals surface area (Å²) >= 11 is 0. The minimum atomic E-state index is -4.38. The minimum Gasteiger partial charge on any atom is -0.411 e. The SMILES string of the molecule is ON=C(Cc1ncc[nH]1)c1ccc(C(F)(F)F)cc1. The minimum absolute atomic E-state index is 0.203. The predicted octanol–water partition coefficient (Wildman–Crippen LogP) is 2.85. The maximum absolute atomic E-state index is 12.4. The van der Waals surface area contributed by atoms with Crippen molar-refractivity contribution in [3.8, 4) is 0 Å². The van der Waals surface area contributed by atoms with Crippen LogP contribution in [0.2, 0.25) is 0 Å². The van der Waals surface area contributed by atoms with Gasteiger partial charge in [-0.1, -0.05) is 17.3 Å². The molecule has 100 valence electrons. The molecule has 19 heavy (non-hydrogen) atoms. The van der Waals surface area contributed by atoms with Crippen molar-refractivity contribution in [1.82, 2.24) is 9.97 Å². The number of nitrogens with one attached hydrogen (secondary N) is 1. The second-order valence-electron chi connectivity index (χ2n) is 3.83. The van der Waals surface area contributed by atoms with Gasteiger partial charge in [-0.2, -0.15) is 13.2 Å². The van der Waals surface area contributed by atoms with Gasteiger partial charge in [0.15, 0.2) is 0 Å². The fraction of sp³-hybridized carbons (Fsp3) is 0.167. The average Bonchev–Trinajstić information content (AvgIpc) is 2.88. The van der Waals surface area contributed by atoms with Gasteiger partial charge in [0.05, 0.1) is 17.7 Å². The summed E-state index contributed by atoms with van der Waals surface area (Å²) in [7, 11) is 0. The van der Waals surface area contributed by atoms with Crippen LogP contribution in [0.4, 0.5) is 13.2 Å². The Hall–Kier alpha value is -2.31. The molecule has 0 atom stereocenters. The molecule has 0 saturated heterocycles. The van der Waals surface area contributed by atoms with Crippen molar-refractivity contribution in [2.24, 2.45) is 5.16 Å². The number of nitrogens with zero attached hydrogens (tertiary/aromatic N) is 2. The molecule has 1 aromatic carbocycles. The van der Waals surface area contributed by atoms with Crippen LogP contribution in [0.15, 0.2) is 41.8 Å². The summed E-state index contributed by atoms with van der Waals surface area (Å²) in [6.07, 6.45) is -1.03. The van der Waals surface area contributed by atoms with Crippen LogP contribution in [0.25, 0.3) is 0 Å². The third kappa shape index (κ3) is 3.12. The summed E-state index contributed by atoms with van der Waals surface area (Å²) in [6, 6.07) is 4.42. The highest BCUT2D eigenvalue weighted by Crippen LogP contribution is 2.29. The monoisotopic (exact) mass is 269 g/mol. The number of H-pyrrole nitrogens is 1. The van der Waals surface area contributed by atoms with Crippen LogP contribution in [0, 0.1) is 0 Å². The molecule has 7 heteroatoms. The molecule has 0 aliphatic rings. The van der Waals surface area contributed by atoms with Gasteiger partial charge in [0.1, 0.15) is 5.82 Å². The van der Waals surface area contributed by atoms with E-state index in [1.54, 1.807) is 6.20 Å². The lowest BCUT2D eigenvalue weighted by Crippen LogP contribution is -2.09. The number of alkyl halides is 3. The van der Waals surface area contributed by atoms with Gasteiger partial charge in [0.2, 0.25) is 0 Å². The van der Waals surface area contributed by atoms with Crippen LogP contribution in [-0.2, 0) is 12.6 Å². The number of hydrogen-bond acceptors (Lipinski definition) is 3. The Kier molecular flexibility index (Phi) is 3.55. The van der Waals surface area contributed by atoms with Crippen LogP contribution < -0.4 is 0 Å². The lowest BCUT2D eigenvalue weighted by Gasteiger charge is -2.08. The first-order valence-electron chi connectivity index (χ1n) is 5.37. The molecule has 0 unspecified atom stereocenters. The molecule has 0 amide bonds. The highest BCUT2D eigenvalue weighted by atomic mass is 19.4. The Bertz CT molecular complexity index is 559. The quantitative estimate of drug-likeness (QED) is 0.511. The standard InChI is InChI=1S/C12H10F3N3O/c13-12(14,15)9-3-1-8(2-4-9)10(18-19)7-11-16-5-6-17-11/h1-6,19H,7H2,(H,16,17). The fourth-order valence-corrected chi connectivity index (χ4v) is 1.60. The number of aromatic amines is 1. The highest BCUT2D eigenvalue weighted by Gasteiger charge is 2.30. The van der Waals surface area contributed by atoms with Crippen molar-refractivity contribution in [2.45, 2.75) is 12.6 Å². The summed E-state index contributed by atoms with van der Waals surface area (Å²) < 4.78 is 37.2. The van der Waals surface area contributed by atoms with E-state index >= 15 is 0 Å². The van der Waals surface area contributed by atoms with Crippen LogP contribution in [0.3, 0.4) is 0 Å². The number of benzene rings is 1. The van der Waals surface area contributed by atoms with E-state index in [1.165, 1.54) is 18.3 Å². The van der Waals surface area contributed by atoms with Crippen molar-refractivity contribution >= 4 is 5.71 Å². The van der Waals surface area contributed by atoms with E-state index in [4.69, 9.17) is 5.21 Å². The van der Waals surface area contributed by atoms with E-state index in [9.17, 15) is 13.2 Å². The van der Waals surface area contributed by atoms with Crippen LogP contribution in [-0.4, -0.2) is 20.9 Å². The molecule has 2 N–H and O–H groups in total. The number of rotatable bonds is 3. The van der Waals surface area contributed by atoms with Crippen molar-refractivity contribution in [3.63, 3.8) is 0 Å². The van der Waals surface area contributed by atoms with Crippen LogP contribution >= 0.6 is 0 Å². The molecular formula is C12H10F3N3O. The average molecular weight is 269 g/mol. The Balaban J connectivity index is 2.21. The topological polar surface area (TPSA) is 61.3 Å². The molecule has 1 heterocycles. The zero-order chi connectivity index (χ0) is 13.9. The second kappa shape index (κ2) is 5.13. The summed E-state index contributed by atoms with van der Waals surface area (Å²) in [5.74, 6) is 0.563. The largest absolute Gasteiger partial charge is 0.416 e. The zero-order valence-electron chi connectivity index (χ0n) is 9.65. The van der Waals surface area contributed by atoms with Crippen molar-refractivity contribution in [3.05, 3.63) is 53.6 Å². The van der Waals surface area contributed by atoms with Gasteiger partial charge in [0, 0.05) is 12.4 Å². The molecule has 0 fully saturated rings. The first-order valence-corrected chi connectivity index (χ1v) is 5.37. The predicted molar refractivity (Wildman–Crippen MR) is 62.1 cm³/mol. The van der Waals surface area contributed by atoms with E-state index in [1.807, 2.05) is 0 Å². The lowest BCUT2D eigenvalue weighted by molar-refractivity contribution is -0.137. The van der Waals surface area contributed by atoms with Gasteiger partial charge >= 0.3 is 6.18 Å². The zero-order valence-corrected chi connectivity index (χ0v) is 9.65. The maximum Gasteiger partial charge on any atom is 0.416 e. The molecule has 1 aromatic heterocycles. The Morgan fingerprint density at radius 1 is 1.26 bits per heavy atom. The Labute approximate surface area is 106 Å². The third-order valence-electron chi connectivity index (χ3n) is 2.56. The van der Waals surface area contributed by atoms with Crippen LogP contribution in [0.1, 0.15) is 17.0 Å². The van der Waals surface area contributed by atoms with Gasteiger partial charge in [-0.15, -0.1) is 0 Å². The number of aromatic nitrogens is 2. The summed E-state index contributed by atoms with van der Waals surface area (Å²) in [6.45, 7) is 0. The molecule has 0 spiro atoms. The van der Waals surface area contributed by atoms with E-state index in [0.717, 1.165) is 12.1 Å². The Morgan fingerprint density at radius 3 is 2.42 bits per heavy atom. The molecule has 2 aromatic rings. The smallest absolute Gasteiger partial charge is 0.411 e. The molecule has 4 nitrogen and oxygen atoms in total. The molecular weight excluding hydrogens is 259 g/mol. The van der Waals surface area contributed by atoms with Crippen molar-refractivity contribution in [2.75, 3.05) is 0 Å². The first-order chi connectivity index (χ1) is 9.00. The van der Waals surface area contributed by atoms with E-state index in [0.29, 0.717) is 11.4 Å². The summed E-state index contributed by atoms with van der Waals surface area (Å²) in [4.78, 5) is 6.78. The van der Waals surface area contributed by atoms with Crippen molar-refractivity contribution < 1.29 is 18.4 Å². The number of oxime groups is 1. The van der Waals surface area contributed by atoms with Crippen LogP contribution in [0.5, 0.6) is 0 Å². The molecule has 0 radical (unpaired) electrons. The first kappa shape index (κ1) is 13.1. The molecule has 0 aliphatic heterocycles. The summed E-state index contributed by atoms with van der Waals surface area (Å²) in [5.41, 5.74) is -0.0953. The van der Waals surface area contributed by atoms with E-state index < -0.39 is 11.7 Å². The lowest BCUT2D eigenvalue weighted by atomic mass is 10.0. The number of hydrogen-bond donors (Lipinski definition) is 2. The molecule has 0 bridgehead atoms. The van der Waals surface area contributed by atoms with Gasteiger partial charge < -0.3 is 10.2 Å². The van der Waals surface area contributed by atoms with Gasteiger partial charge in [-0.05, 0) is 17.7 Å². The number of halogens is 3. The fourth-order valence-electron chi connectivity index (χ4n) is 1.60. The van der Waals surface area contributed by atoms with Crippen molar-refractivity contribution in [1.29, 1.82) is 0 Å². The second-order valence-corrected chi connectivity index (χ2v) is 3.83. The normalized spacial score (nSPS) is 12.7.